The first-order valence-electron chi connectivity index (χ1n) is 7.23. The molecule has 2 N–H and O–H groups in total. The van der Waals surface area contributed by atoms with Crippen LogP contribution in [0.5, 0.6) is 0 Å². The van der Waals surface area contributed by atoms with E-state index >= 15 is 0 Å². The summed E-state index contributed by atoms with van der Waals surface area (Å²) in [6.45, 7) is 3.41. The fourth-order valence-corrected chi connectivity index (χ4v) is 3.15. The van der Waals surface area contributed by atoms with Crippen molar-refractivity contribution < 1.29 is 4.79 Å². The van der Waals surface area contributed by atoms with Gasteiger partial charge in [-0.15, -0.1) is 0 Å². The van der Waals surface area contributed by atoms with Crippen LogP contribution < -0.4 is 5.32 Å². The average Bonchev–Trinajstić information content (AvgIpc) is 2.90. The Labute approximate surface area is 119 Å². The Bertz CT molecular complexity index is 624. The lowest BCUT2D eigenvalue weighted by Gasteiger charge is -2.31. The molecule has 1 saturated heterocycles. The summed E-state index contributed by atoms with van der Waals surface area (Å²) in [5.74, 6) is 0.751. The van der Waals surface area contributed by atoms with Gasteiger partial charge < -0.3 is 15.2 Å². The lowest BCUT2D eigenvalue weighted by Crippen LogP contribution is -2.36. The highest BCUT2D eigenvalue weighted by Gasteiger charge is 2.23. The molecular weight excluding hydrogens is 250 g/mol. The quantitative estimate of drug-likeness (QED) is 0.882. The fourth-order valence-electron chi connectivity index (χ4n) is 3.15. The Morgan fingerprint density at radius 1 is 1.35 bits per heavy atom. The second-order valence-corrected chi connectivity index (χ2v) is 5.53. The van der Waals surface area contributed by atoms with Gasteiger partial charge in [-0.3, -0.25) is 4.79 Å². The molecule has 1 aliphatic rings. The molecule has 3 rings (SSSR count). The van der Waals surface area contributed by atoms with Crippen molar-refractivity contribution in [2.75, 3.05) is 25.5 Å². The molecular formula is C16H21N3O. The van der Waals surface area contributed by atoms with Gasteiger partial charge in [0, 0.05) is 49.8 Å². The largest absolute Gasteiger partial charge is 0.388 e. The maximum atomic E-state index is 11.4. The molecule has 1 aromatic heterocycles. The molecule has 0 aliphatic carbocycles. The monoisotopic (exact) mass is 271 g/mol. The normalized spacial score (nSPS) is 16.6. The summed E-state index contributed by atoms with van der Waals surface area (Å²) in [7, 11) is 1.93. The minimum absolute atomic E-state index is 0.195. The van der Waals surface area contributed by atoms with Crippen molar-refractivity contribution in [2.24, 2.45) is 0 Å². The van der Waals surface area contributed by atoms with Crippen LogP contribution in [0.25, 0.3) is 10.9 Å². The number of carbonyl (C=O) groups is 1. The molecule has 0 radical (unpaired) electrons. The van der Waals surface area contributed by atoms with Crippen molar-refractivity contribution in [1.29, 1.82) is 0 Å². The lowest BCUT2D eigenvalue weighted by molar-refractivity contribution is -0.129. The number of benzene rings is 1. The number of piperidine rings is 1. The van der Waals surface area contributed by atoms with Crippen LogP contribution >= 0.6 is 0 Å². The van der Waals surface area contributed by atoms with Crippen molar-refractivity contribution in [2.45, 2.75) is 25.7 Å². The molecule has 2 heterocycles. The third kappa shape index (κ3) is 2.26. The van der Waals surface area contributed by atoms with Crippen LogP contribution in [-0.2, 0) is 4.79 Å². The molecule has 1 aromatic carbocycles. The summed E-state index contributed by atoms with van der Waals surface area (Å²) in [6.07, 6.45) is 4.25. The third-order valence-corrected chi connectivity index (χ3v) is 4.38. The highest BCUT2D eigenvalue weighted by Crippen LogP contribution is 2.33. The number of aromatic nitrogens is 1. The number of hydrogen-bond acceptors (Lipinski definition) is 2. The number of H-pyrrole nitrogens is 1. The van der Waals surface area contributed by atoms with Gasteiger partial charge >= 0.3 is 0 Å². The van der Waals surface area contributed by atoms with Crippen LogP contribution in [0.2, 0.25) is 0 Å². The Morgan fingerprint density at radius 3 is 2.75 bits per heavy atom. The van der Waals surface area contributed by atoms with Gasteiger partial charge in [0.05, 0.1) is 0 Å². The van der Waals surface area contributed by atoms with E-state index in [0.29, 0.717) is 5.92 Å². The second kappa shape index (κ2) is 5.19. The standard InChI is InChI=1S/C16H21N3O/c1-11(20)19-7-5-12(6-8-19)15-10-18-16-9-13(17-2)3-4-14(15)16/h3-4,9-10,12,17-18H,5-8H2,1-2H3. The summed E-state index contributed by atoms with van der Waals surface area (Å²) in [4.78, 5) is 16.7. The number of hydrogen-bond donors (Lipinski definition) is 2. The van der Waals surface area contributed by atoms with E-state index in [1.807, 2.05) is 11.9 Å². The molecule has 4 heteroatoms. The van der Waals surface area contributed by atoms with Crippen molar-refractivity contribution in [1.82, 2.24) is 9.88 Å². The van der Waals surface area contributed by atoms with Crippen molar-refractivity contribution >= 4 is 22.5 Å². The zero-order chi connectivity index (χ0) is 14.1. The number of nitrogens with one attached hydrogen (secondary N) is 2. The van der Waals surface area contributed by atoms with Gasteiger partial charge in [-0.05, 0) is 36.5 Å². The Kier molecular flexibility index (Phi) is 3.38. The van der Waals surface area contributed by atoms with E-state index in [1.165, 1.54) is 16.5 Å². The van der Waals surface area contributed by atoms with Crippen LogP contribution in [-0.4, -0.2) is 35.9 Å². The zero-order valence-corrected chi connectivity index (χ0v) is 12.1. The Hall–Kier alpha value is -1.97. The molecule has 20 heavy (non-hydrogen) atoms. The molecule has 4 nitrogen and oxygen atoms in total. The Morgan fingerprint density at radius 2 is 2.10 bits per heavy atom. The summed E-state index contributed by atoms with van der Waals surface area (Å²) in [6, 6.07) is 6.44. The summed E-state index contributed by atoms with van der Waals surface area (Å²) >= 11 is 0. The van der Waals surface area contributed by atoms with Gasteiger partial charge in [0.25, 0.3) is 0 Å². The molecule has 2 aromatic rings. The number of rotatable bonds is 2. The summed E-state index contributed by atoms with van der Waals surface area (Å²) in [5, 5.41) is 4.47. The van der Waals surface area contributed by atoms with Crippen LogP contribution in [0.15, 0.2) is 24.4 Å². The molecule has 0 atom stereocenters. The highest BCUT2D eigenvalue weighted by atomic mass is 16.2. The molecule has 1 aliphatic heterocycles. The molecule has 0 bridgehead atoms. The summed E-state index contributed by atoms with van der Waals surface area (Å²) < 4.78 is 0. The number of likely N-dealkylation sites (tertiary alicyclic amines) is 1. The number of amides is 1. The summed E-state index contributed by atoms with van der Waals surface area (Å²) in [5.41, 5.74) is 3.70. The second-order valence-electron chi connectivity index (χ2n) is 5.53. The minimum atomic E-state index is 0.195. The number of nitrogens with zero attached hydrogens (tertiary/aromatic N) is 1. The van der Waals surface area contributed by atoms with Gasteiger partial charge in [-0.25, -0.2) is 0 Å². The fraction of sp³-hybridized carbons (Fsp3) is 0.438. The maximum absolute atomic E-state index is 11.4. The van der Waals surface area contributed by atoms with E-state index in [-0.39, 0.29) is 5.91 Å². The molecule has 1 amide bonds. The van der Waals surface area contributed by atoms with E-state index in [9.17, 15) is 4.79 Å². The van der Waals surface area contributed by atoms with Crippen molar-refractivity contribution in [3.05, 3.63) is 30.0 Å². The first kappa shape index (κ1) is 13.0. The third-order valence-electron chi connectivity index (χ3n) is 4.38. The molecule has 0 spiro atoms. The van der Waals surface area contributed by atoms with Gasteiger partial charge in [-0.1, -0.05) is 6.07 Å². The average molecular weight is 271 g/mol. The maximum Gasteiger partial charge on any atom is 0.219 e. The molecule has 0 unspecified atom stereocenters. The Balaban J connectivity index is 1.83. The SMILES string of the molecule is CNc1ccc2c(C3CCN(C(C)=O)CC3)c[nH]c2c1. The number of anilines is 1. The predicted molar refractivity (Wildman–Crippen MR) is 82.1 cm³/mol. The van der Waals surface area contributed by atoms with E-state index in [4.69, 9.17) is 0 Å². The van der Waals surface area contributed by atoms with Crippen LogP contribution in [0.3, 0.4) is 0 Å². The van der Waals surface area contributed by atoms with Gasteiger partial charge in [0.1, 0.15) is 0 Å². The van der Waals surface area contributed by atoms with E-state index < -0.39 is 0 Å². The first-order chi connectivity index (χ1) is 9.69. The lowest BCUT2D eigenvalue weighted by atomic mass is 9.89. The van der Waals surface area contributed by atoms with E-state index in [0.717, 1.165) is 31.6 Å². The van der Waals surface area contributed by atoms with E-state index in [2.05, 4.69) is 34.7 Å². The van der Waals surface area contributed by atoms with Gasteiger partial charge in [0.2, 0.25) is 5.91 Å². The van der Waals surface area contributed by atoms with Crippen LogP contribution in [0.4, 0.5) is 5.69 Å². The predicted octanol–water partition coefficient (Wildman–Crippen LogP) is 2.94. The van der Waals surface area contributed by atoms with Gasteiger partial charge in [0.15, 0.2) is 0 Å². The first-order valence-corrected chi connectivity index (χ1v) is 7.23. The zero-order valence-electron chi connectivity index (χ0n) is 12.1. The number of carbonyl (C=O) groups excluding carboxylic acids is 1. The number of aromatic amines is 1. The number of fused-ring (bicyclic) bond motifs is 1. The van der Waals surface area contributed by atoms with Gasteiger partial charge in [-0.2, -0.15) is 0 Å². The molecule has 0 saturated carbocycles. The van der Waals surface area contributed by atoms with E-state index in [1.54, 1.807) is 6.92 Å². The topological polar surface area (TPSA) is 48.1 Å². The highest BCUT2D eigenvalue weighted by molar-refractivity contribution is 5.86. The molecule has 106 valence electrons. The van der Waals surface area contributed by atoms with Crippen LogP contribution in [0.1, 0.15) is 31.2 Å². The smallest absolute Gasteiger partial charge is 0.219 e. The van der Waals surface area contributed by atoms with Crippen LogP contribution in [0, 0.1) is 0 Å². The van der Waals surface area contributed by atoms with Crippen molar-refractivity contribution in [3.8, 4) is 0 Å². The minimum Gasteiger partial charge on any atom is -0.388 e. The molecule has 1 fully saturated rings. The van der Waals surface area contributed by atoms with Crippen molar-refractivity contribution in [3.63, 3.8) is 0 Å².